The third kappa shape index (κ3) is 8.31. The number of hydrogen-bond donors (Lipinski definition) is 1. The number of rotatable bonds is 6. The van der Waals surface area contributed by atoms with Gasteiger partial charge in [0.05, 0.1) is 39.6 Å². The first-order valence-electron chi connectivity index (χ1n) is 14.9. The van der Waals surface area contributed by atoms with Gasteiger partial charge in [0.25, 0.3) is 0 Å². The van der Waals surface area contributed by atoms with Gasteiger partial charge in [-0.15, -0.1) is 0 Å². The Hall–Kier alpha value is -4.06. The maximum absolute atomic E-state index is 6.19. The summed E-state index contributed by atoms with van der Waals surface area (Å²) in [6.45, 7) is 3.42. The molecule has 5 aromatic rings. The van der Waals surface area contributed by atoms with E-state index in [1.165, 1.54) is 0 Å². The lowest BCUT2D eigenvalue weighted by Gasteiger charge is -2.20. The molecule has 1 aromatic heterocycles. The molecule has 230 valence electrons. The monoisotopic (exact) mass is 599 g/mol. The van der Waals surface area contributed by atoms with Gasteiger partial charge in [-0.2, -0.15) is 5.10 Å². The van der Waals surface area contributed by atoms with Crippen LogP contribution in [0.3, 0.4) is 0 Å². The molecule has 4 aromatic carbocycles. The lowest BCUT2D eigenvalue weighted by atomic mass is 10.1. The third-order valence-corrected chi connectivity index (χ3v) is 7.18. The molecule has 0 amide bonds. The van der Waals surface area contributed by atoms with Crippen molar-refractivity contribution in [3.05, 3.63) is 96.6 Å². The summed E-state index contributed by atoms with van der Waals surface area (Å²) in [4.78, 5) is 4.56. The Morgan fingerprint density at radius 2 is 1.14 bits per heavy atom. The number of H-pyrrole nitrogens is 1. The van der Waals surface area contributed by atoms with Crippen LogP contribution in [0.2, 0.25) is 0 Å². The van der Waals surface area contributed by atoms with Crippen molar-refractivity contribution in [1.82, 2.24) is 15.2 Å². The van der Waals surface area contributed by atoms with Crippen LogP contribution in [0.25, 0.3) is 21.5 Å². The van der Waals surface area contributed by atoms with Gasteiger partial charge in [-0.05, 0) is 22.9 Å². The number of nitrogens with one attached hydrogen (secondary N) is 1. The minimum absolute atomic E-state index is 0.191. The average Bonchev–Trinajstić information content (AvgIpc) is 3.53. The van der Waals surface area contributed by atoms with Crippen molar-refractivity contribution in [3.8, 4) is 11.5 Å². The summed E-state index contributed by atoms with van der Waals surface area (Å²) in [7, 11) is 0. The van der Waals surface area contributed by atoms with E-state index in [1.54, 1.807) is 0 Å². The van der Waals surface area contributed by atoms with Gasteiger partial charge >= 0.3 is 0 Å². The van der Waals surface area contributed by atoms with Crippen LogP contribution in [0, 0.1) is 0 Å². The van der Waals surface area contributed by atoms with E-state index < -0.39 is 0 Å². The van der Waals surface area contributed by atoms with Gasteiger partial charge in [-0.3, -0.25) is 5.10 Å². The SMILES string of the molecule is c1ccc2c(OC[C@@H]3COCCOCCOC[C@@H](COc4cccc5ccccc45)OCc4nc(n[nH]4)CO3)cccc2c1. The molecule has 0 saturated carbocycles. The first-order valence-corrected chi connectivity index (χ1v) is 14.9. The molecule has 2 bridgehead atoms. The molecular weight excluding hydrogens is 562 g/mol. The Morgan fingerprint density at radius 3 is 1.75 bits per heavy atom. The number of nitrogens with zero attached hydrogens (tertiary/aromatic N) is 2. The van der Waals surface area contributed by atoms with Crippen molar-refractivity contribution in [3.63, 3.8) is 0 Å². The lowest BCUT2D eigenvalue weighted by Crippen LogP contribution is -2.29. The first-order chi connectivity index (χ1) is 21.8. The Balaban J connectivity index is 1.07. The Kier molecular flexibility index (Phi) is 10.6. The Morgan fingerprint density at radius 1 is 0.614 bits per heavy atom. The van der Waals surface area contributed by atoms with E-state index in [0.717, 1.165) is 33.0 Å². The highest BCUT2D eigenvalue weighted by Gasteiger charge is 2.17. The highest BCUT2D eigenvalue weighted by Crippen LogP contribution is 2.26. The summed E-state index contributed by atoms with van der Waals surface area (Å²) in [5.74, 6) is 2.70. The van der Waals surface area contributed by atoms with Crippen LogP contribution in [0.1, 0.15) is 11.6 Å². The molecule has 0 aliphatic carbocycles. The summed E-state index contributed by atoms with van der Waals surface area (Å²) < 4.78 is 42.1. The molecule has 10 heteroatoms. The van der Waals surface area contributed by atoms with Gasteiger partial charge in [0.15, 0.2) is 11.6 Å². The summed E-state index contributed by atoms with van der Waals surface area (Å²) in [6.07, 6.45) is -0.679. The van der Waals surface area contributed by atoms with Gasteiger partial charge < -0.3 is 33.2 Å². The number of fused-ring (bicyclic) bond motifs is 4. The van der Waals surface area contributed by atoms with E-state index >= 15 is 0 Å². The van der Waals surface area contributed by atoms with Gasteiger partial charge in [0.1, 0.15) is 50.1 Å². The molecule has 0 spiro atoms. The van der Waals surface area contributed by atoms with Gasteiger partial charge in [-0.1, -0.05) is 72.8 Å². The van der Waals surface area contributed by atoms with Crippen LogP contribution in [0.4, 0.5) is 0 Å². The van der Waals surface area contributed by atoms with E-state index in [0.29, 0.717) is 64.5 Å². The van der Waals surface area contributed by atoms with Gasteiger partial charge in [0.2, 0.25) is 0 Å². The quantitative estimate of drug-likeness (QED) is 0.285. The minimum Gasteiger partial charge on any atom is -0.490 e. The Bertz CT molecular complexity index is 1480. The van der Waals surface area contributed by atoms with Crippen LogP contribution >= 0.6 is 0 Å². The maximum Gasteiger partial charge on any atom is 0.176 e. The predicted molar refractivity (Wildman–Crippen MR) is 165 cm³/mol. The predicted octanol–water partition coefficient (Wildman–Crippen LogP) is 5.10. The first kappa shape index (κ1) is 30.0. The second-order valence-electron chi connectivity index (χ2n) is 10.4. The molecule has 0 fully saturated rings. The highest BCUT2D eigenvalue weighted by molar-refractivity contribution is 5.88. The molecule has 44 heavy (non-hydrogen) atoms. The van der Waals surface area contributed by atoms with Crippen molar-refractivity contribution in [2.75, 3.05) is 52.9 Å². The molecule has 6 rings (SSSR count). The fourth-order valence-electron chi connectivity index (χ4n) is 4.92. The van der Waals surface area contributed by atoms with Crippen LogP contribution in [0.5, 0.6) is 11.5 Å². The maximum atomic E-state index is 6.19. The lowest BCUT2D eigenvalue weighted by molar-refractivity contribution is -0.0684. The van der Waals surface area contributed by atoms with Crippen molar-refractivity contribution in [2.45, 2.75) is 25.4 Å². The van der Waals surface area contributed by atoms with Crippen molar-refractivity contribution >= 4 is 21.5 Å². The van der Waals surface area contributed by atoms with Crippen LogP contribution in [0.15, 0.2) is 84.9 Å². The molecule has 10 nitrogen and oxygen atoms in total. The normalized spacial score (nSPS) is 19.3. The van der Waals surface area contributed by atoms with E-state index in [-0.39, 0.29) is 25.4 Å². The minimum atomic E-state index is -0.343. The zero-order valence-electron chi connectivity index (χ0n) is 24.6. The molecule has 0 saturated heterocycles. The van der Waals surface area contributed by atoms with Crippen molar-refractivity contribution in [2.24, 2.45) is 0 Å². The Labute approximate surface area is 256 Å². The van der Waals surface area contributed by atoms with Gasteiger partial charge in [0, 0.05) is 10.8 Å². The fourth-order valence-corrected chi connectivity index (χ4v) is 4.92. The number of benzene rings is 4. The number of ether oxygens (including phenoxy) is 7. The van der Waals surface area contributed by atoms with E-state index in [2.05, 4.69) is 39.4 Å². The molecule has 2 heterocycles. The molecule has 1 N–H and O–H groups in total. The topological polar surface area (TPSA) is 106 Å². The molecule has 1 aliphatic heterocycles. The smallest absolute Gasteiger partial charge is 0.176 e. The fraction of sp³-hybridized carbons (Fsp3) is 0.353. The van der Waals surface area contributed by atoms with E-state index in [4.69, 9.17) is 33.2 Å². The summed E-state index contributed by atoms with van der Waals surface area (Å²) >= 11 is 0. The molecular formula is C34H37N3O7. The largest absolute Gasteiger partial charge is 0.490 e. The molecule has 0 radical (unpaired) electrons. The summed E-state index contributed by atoms with van der Waals surface area (Å²) in [6, 6.07) is 28.3. The zero-order valence-corrected chi connectivity index (χ0v) is 24.6. The second kappa shape index (κ2) is 15.6. The number of aromatic amines is 1. The van der Waals surface area contributed by atoms with Gasteiger partial charge in [-0.25, -0.2) is 4.98 Å². The highest BCUT2D eigenvalue weighted by atomic mass is 16.6. The van der Waals surface area contributed by atoms with Crippen LogP contribution in [-0.4, -0.2) is 80.2 Å². The molecule has 2 atom stereocenters. The standard InChI is InChI=1S/C34H37N3O7/c1-3-11-29-25(7-1)9-5-13-31(29)43-21-27-19-39-17-15-38-16-18-40-20-28(42-24-34-35-33(23-41-27)36-37-34)22-44-32-14-6-10-26-8-2-4-12-30(26)32/h1-14,27-28H,15-24H2,(H,35,36,37)/t27-,28-/m0/s1. The molecule has 1 aliphatic rings. The van der Waals surface area contributed by atoms with E-state index in [9.17, 15) is 0 Å². The van der Waals surface area contributed by atoms with Crippen molar-refractivity contribution < 1.29 is 33.2 Å². The third-order valence-electron chi connectivity index (χ3n) is 7.18. The summed E-state index contributed by atoms with van der Waals surface area (Å²) in [5, 5.41) is 11.6. The number of hydrogen-bond acceptors (Lipinski definition) is 9. The summed E-state index contributed by atoms with van der Waals surface area (Å²) in [5.41, 5.74) is 0. The zero-order chi connectivity index (χ0) is 29.8. The molecule has 0 unspecified atom stereocenters. The second-order valence-corrected chi connectivity index (χ2v) is 10.4. The van der Waals surface area contributed by atoms with Crippen LogP contribution < -0.4 is 9.47 Å². The van der Waals surface area contributed by atoms with E-state index in [1.807, 2.05) is 60.7 Å². The van der Waals surface area contributed by atoms with Crippen molar-refractivity contribution in [1.29, 1.82) is 0 Å². The number of aromatic nitrogens is 3. The van der Waals surface area contributed by atoms with Crippen LogP contribution in [-0.2, 0) is 36.9 Å². The average molecular weight is 600 g/mol.